The summed E-state index contributed by atoms with van der Waals surface area (Å²) in [4.78, 5) is 31.4. The molecule has 3 aliphatic rings. The Morgan fingerprint density at radius 3 is 2.62 bits per heavy atom. The first-order valence-electron chi connectivity index (χ1n) is 11.3. The number of nitrogens with one attached hydrogen (secondary N) is 2. The Kier molecular flexibility index (Phi) is 5.77. The van der Waals surface area contributed by atoms with Gasteiger partial charge in [-0.3, -0.25) is 14.5 Å². The molecule has 0 bridgehead atoms. The molecular weight excluding hydrogens is 428 g/mol. The molecule has 0 radical (unpaired) electrons. The maximum atomic E-state index is 12.6. The summed E-state index contributed by atoms with van der Waals surface area (Å²) in [6.45, 7) is 3.64. The Labute approximate surface area is 191 Å². The number of benzene rings is 1. The van der Waals surface area contributed by atoms with Crippen LogP contribution in [0.1, 0.15) is 44.2 Å². The smallest absolute Gasteiger partial charge is 0.251 e. The number of aryl methyl sites for hydroxylation is 1. The van der Waals surface area contributed by atoms with Gasteiger partial charge in [0, 0.05) is 35.9 Å². The summed E-state index contributed by atoms with van der Waals surface area (Å²) < 4.78 is 12.1. The number of amides is 2. The van der Waals surface area contributed by atoms with Crippen LogP contribution in [0.15, 0.2) is 23.6 Å². The Morgan fingerprint density at radius 1 is 1.16 bits per heavy atom. The molecule has 1 spiro atoms. The Hall–Kier alpha value is -2.65. The number of piperidine rings is 1. The lowest BCUT2D eigenvalue weighted by Crippen LogP contribution is -2.41. The van der Waals surface area contributed by atoms with E-state index in [1.807, 2.05) is 30.5 Å². The van der Waals surface area contributed by atoms with E-state index in [4.69, 9.17) is 9.47 Å². The van der Waals surface area contributed by atoms with Crippen LogP contribution in [0.4, 0.5) is 10.8 Å². The maximum Gasteiger partial charge on any atom is 0.251 e. The van der Waals surface area contributed by atoms with Gasteiger partial charge in [-0.25, -0.2) is 4.98 Å². The van der Waals surface area contributed by atoms with E-state index in [-0.39, 0.29) is 17.7 Å². The second-order valence-corrected chi connectivity index (χ2v) is 9.72. The molecule has 2 fully saturated rings. The van der Waals surface area contributed by atoms with Crippen LogP contribution >= 0.6 is 11.3 Å². The second kappa shape index (κ2) is 8.71. The van der Waals surface area contributed by atoms with Crippen molar-refractivity contribution < 1.29 is 19.1 Å². The summed E-state index contributed by atoms with van der Waals surface area (Å²) in [6.07, 6.45) is 5.49. The van der Waals surface area contributed by atoms with Gasteiger partial charge in [-0.2, -0.15) is 0 Å². The first kappa shape index (κ1) is 21.2. The molecule has 1 aliphatic carbocycles. The first-order valence-corrected chi connectivity index (χ1v) is 12.1. The van der Waals surface area contributed by atoms with Crippen molar-refractivity contribution in [2.75, 3.05) is 30.3 Å². The lowest BCUT2D eigenvalue weighted by Gasteiger charge is -2.30. The van der Waals surface area contributed by atoms with E-state index in [9.17, 15) is 9.59 Å². The number of nitrogens with zero attached hydrogens (tertiary/aromatic N) is 2. The Balaban J connectivity index is 1.09. The van der Waals surface area contributed by atoms with Gasteiger partial charge in [0.15, 0.2) is 16.6 Å². The minimum Gasteiger partial charge on any atom is -0.448 e. The van der Waals surface area contributed by atoms with Gasteiger partial charge in [0.25, 0.3) is 5.79 Å². The van der Waals surface area contributed by atoms with Gasteiger partial charge in [-0.15, -0.1) is 11.3 Å². The fraction of sp³-hybridized carbons (Fsp3) is 0.522. The number of rotatable bonds is 5. The highest BCUT2D eigenvalue weighted by Crippen LogP contribution is 2.47. The van der Waals surface area contributed by atoms with Crippen LogP contribution in [-0.4, -0.2) is 47.1 Å². The van der Waals surface area contributed by atoms with Crippen molar-refractivity contribution in [3.05, 3.63) is 29.3 Å². The molecule has 1 aromatic carbocycles. The van der Waals surface area contributed by atoms with Crippen molar-refractivity contribution in [3.63, 3.8) is 0 Å². The third-order valence-electron chi connectivity index (χ3n) is 6.36. The van der Waals surface area contributed by atoms with E-state index in [2.05, 4.69) is 20.5 Å². The molecule has 1 saturated heterocycles. The van der Waals surface area contributed by atoms with Gasteiger partial charge in [-0.1, -0.05) is 0 Å². The molecule has 2 aliphatic heterocycles. The normalized spacial score (nSPS) is 19.9. The third kappa shape index (κ3) is 4.59. The molecule has 2 amide bonds. The average molecular weight is 457 g/mol. The average Bonchev–Trinajstić information content (AvgIpc) is 3.48. The number of thiazole rings is 1. The summed E-state index contributed by atoms with van der Waals surface area (Å²) in [5.41, 5.74) is 1.62. The van der Waals surface area contributed by atoms with E-state index in [1.165, 1.54) is 11.3 Å². The summed E-state index contributed by atoms with van der Waals surface area (Å²) >= 11 is 1.44. The van der Waals surface area contributed by atoms with E-state index in [1.54, 1.807) is 0 Å². The predicted molar refractivity (Wildman–Crippen MR) is 122 cm³/mol. The molecule has 3 heterocycles. The van der Waals surface area contributed by atoms with Gasteiger partial charge >= 0.3 is 0 Å². The molecule has 1 saturated carbocycles. The number of ether oxygens (including phenoxy) is 2. The topological polar surface area (TPSA) is 92.8 Å². The monoisotopic (exact) mass is 456 g/mol. The number of carbonyl (C=O) groups is 2. The Bertz CT molecular complexity index is 1010. The van der Waals surface area contributed by atoms with E-state index < -0.39 is 5.79 Å². The van der Waals surface area contributed by atoms with Crippen LogP contribution in [0, 0.1) is 12.8 Å². The van der Waals surface area contributed by atoms with Crippen LogP contribution in [0.2, 0.25) is 0 Å². The highest BCUT2D eigenvalue weighted by molar-refractivity contribution is 7.13. The number of carbonyl (C=O) groups excluding carboxylic acids is 2. The summed E-state index contributed by atoms with van der Waals surface area (Å²) in [7, 11) is 0. The molecule has 170 valence electrons. The van der Waals surface area contributed by atoms with Gasteiger partial charge < -0.3 is 20.1 Å². The largest absolute Gasteiger partial charge is 0.448 e. The number of anilines is 2. The number of likely N-dealkylation sites (tertiary alicyclic amines) is 1. The summed E-state index contributed by atoms with van der Waals surface area (Å²) in [5.74, 6) is 0.852. The minimum atomic E-state index is -0.500. The predicted octanol–water partition coefficient (Wildman–Crippen LogP) is 3.78. The quantitative estimate of drug-likeness (QED) is 0.711. The fourth-order valence-corrected chi connectivity index (χ4v) is 5.36. The second-order valence-electron chi connectivity index (χ2n) is 8.87. The molecule has 2 aromatic rings. The Morgan fingerprint density at radius 2 is 1.91 bits per heavy atom. The number of fused-ring (bicyclic) bond motifs is 1. The third-order valence-corrected chi connectivity index (χ3v) is 7.24. The molecular formula is C23H28N4O4S. The van der Waals surface area contributed by atoms with Gasteiger partial charge in [-0.05, 0) is 57.8 Å². The van der Waals surface area contributed by atoms with E-state index in [0.29, 0.717) is 36.2 Å². The zero-order valence-electron chi connectivity index (χ0n) is 18.2. The van der Waals surface area contributed by atoms with Crippen LogP contribution in [0.5, 0.6) is 11.5 Å². The number of hydrogen-bond donors (Lipinski definition) is 2. The molecule has 0 atom stereocenters. The fourth-order valence-electron chi connectivity index (χ4n) is 4.67. The maximum absolute atomic E-state index is 12.6. The number of aromatic nitrogens is 1. The van der Waals surface area contributed by atoms with Gasteiger partial charge in [0.2, 0.25) is 11.8 Å². The highest BCUT2D eigenvalue weighted by atomic mass is 32.1. The molecule has 1 aromatic heterocycles. The van der Waals surface area contributed by atoms with Crippen LogP contribution < -0.4 is 20.1 Å². The molecule has 9 heteroatoms. The highest BCUT2D eigenvalue weighted by Gasteiger charge is 2.44. The molecule has 32 heavy (non-hydrogen) atoms. The van der Waals surface area contributed by atoms with Crippen molar-refractivity contribution in [3.8, 4) is 11.5 Å². The van der Waals surface area contributed by atoms with Crippen molar-refractivity contribution in [2.45, 2.75) is 51.2 Å². The molecule has 8 nitrogen and oxygen atoms in total. The minimum absolute atomic E-state index is 0.0174. The van der Waals surface area contributed by atoms with E-state index in [0.717, 1.165) is 50.0 Å². The van der Waals surface area contributed by atoms with E-state index >= 15 is 0 Å². The van der Waals surface area contributed by atoms with Crippen molar-refractivity contribution in [1.29, 1.82) is 0 Å². The van der Waals surface area contributed by atoms with Gasteiger partial charge in [0.05, 0.1) is 12.2 Å². The molecule has 0 unspecified atom stereocenters. The number of hydrogen-bond acceptors (Lipinski definition) is 7. The first-order chi connectivity index (χ1) is 15.5. The van der Waals surface area contributed by atoms with Gasteiger partial charge in [0.1, 0.15) is 0 Å². The lowest BCUT2D eigenvalue weighted by molar-refractivity contribution is -0.121. The lowest BCUT2D eigenvalue weighted by atomic mass is 9.96. The zero-order chi connectivity index (χ0) is 22.1. The van der Waals surface area contributed by atoms with Crippen LogP contribution in [0.3, 0.4) is 0 Å². The van der Waals surface area contributed by atoms with Crippen LogP contribution in [0.25, 0.3) is 0 Å². The standard InChI is InChI=1S/C23H28N4O4S/c1-15-14-32-22(24-15)26-21(29)16-6-10-27(11-7-16)13-20(28)25-17-4-5-18-19(12-17)31-23(30-18)8-2-3-9-23/h4-5,12,14,16H,2-3,6-11,13H2,1H3,(H,25,28)(H,24,26,29). The zero-order valence-corrected chi connectivity index (χ0v) is 19.0. The summed E-state index contributed by atoms with van der Waals surface area (Å²) in [6, 6.07) is 5.56. The molecule has 2 N–H and O–H groups in total. The van der Waals surface area contributed by atoms with Crippen molar-refractivity contribution in [1.82, 2.24) is 9.88 Å². The SMILES string of the molecule is Cc1csc(NC(=O)C2CCN(CC(=O)Nc3ccc4c(c3)OC3(CCCC3)O4)CC2)n1. The van der Waals surface area contributed by atoms with Crippen molar-refractivity contribution >= 4 is 34.0 Å². The van der Waals surface area contributed by atoms with Crippen molar-refractivity contribution in [2.24, 2.45) is 5.92 Å². The molecule has 5 rings (SSSR count). The van der Waals surface area contributed by atoms with Crippen LogP contribution in [-0.2, 0) is 9.59 Å². The summed E-state index contributed by atoms with van der Waals surface area (Å²) in [5, 5.41) is 8.44.